The van der Waals surface area contributed by atoms with E-state index < -0.39 is 0 Å². The van der Waals surface area contributed by atoms with Gasteiger partial charge in [0, 0.05) is 16.7 Å². The van der Waals surface area contributed by atoms with E-state index in [1.807, 2.05) is 0 Å². The fourth-order valence-corrected chi connectivity index (χ4v) is 2.77. The fourth-order valence-electron chi connectivity index (χ4n) is 2.28. The molecule has 1 heterocycles. The summed E-state index contributed by atoms with van der Waals surface area (Å²) in [5.41, 5.74) is 5.35. The molecular weight excluding hydrogens is 262 g/mol. The summed E-state index contributed by atoms with van der Waals surface area (Å²) in [6.45, 7) is 1.05. The second-order valence-electron chi connectivity index (χ2n) is 3.99. The van der Waals surface area contributed by atoms with E-state index in [0.29, 0.717) is 0 Å². The molecule has 0 amide bonds. The first-order valence-electron chi connectivity index (χ1n) is 5.47. The molecule has 0 radical (unpaired) electrons. The van der Waals surface area contributed by atoms with Crippen molar-refractivity contribution in [3.05, 3.63) is 52.5 Å². The lowest BCUT2D eigenvalue weighted by Crippen LogP contribution is -1.90. The van der Waals surface area contributed by atoms with Gasteiger partial charge < -0.3 is 5.32 Å². The molecule has 0 aromatic heterocycles. The Hall–Kier alpha value is -1.28. The van der Waals surface area contributed by atoms with E-state index in [-0.39, 0.29) is 0 Å². The third kappa shape index (κ3) is 1.54. The minimum Gasteiger partial charge on any atom is -0.384 e. The van der Waals surface area contributed by atoms with E-state index in [2.05, 4.69) is 63.7 Å². The molecule has 1 aliphatic heterocycles. The fraction of sp³-hybridized carbons (Fsp3) is 0.143. The number of halogens is 1. The van der Waals surface area contributed by atoms with Crippen molar-refractivity contribution in [2.75, 3.05) is 11.9 Å². The summed E-state index contributed by atoms with van der Waals surface area (Å²) in [7, 11) is 0. The van der Waals surface area contributed by atoms with Gasteiger partial charge in [0.05, 0.1) is 0 Å². The summed E-state index contributed by atoms with van der Waals surface area (Å²) in [4.78, 5) is 0. The number of anilines is 1. The molecule has 3 rings (SSSR count). The van der Waals surface area contributed by atoms with E-state index in [9.17, 15) is 0 Å². The molecule has 0 bridgehead atoms. The van der Waals surface area contributed by atoms with E-state index in [0.717, 1.165) is 17.4 Å². The van der Waals surface area contributed by atoms with E-state index in [1.54, 1.807) is 0 Å². The summed E-state index contributed by atoms with van der Waals surface area (Å²) in [5, 5.41) is 3.41. The van der Waals surface area contributed by atoms with Gasteiger partial charge in [0.2, 0.25) is 0 Å². The number of hydrogen-bond acceptors (Lipinski definition) is 1. The molecule has 0 fully saturated rings. The number of nitrogens with one attached hydrogen (secondary N) is 1. The van der Waals surface area contributed by atoms with Gasteiger partial charge in [-0.05, 0) is 35.2 Å². The largest absolute Gasteiger partial charge is 0.384 e. The first kappa shape index (κ1) is 9.91. The average Bonchev–Trinajstić information content (AvgIpc) is 2.77. The lowest BCUT2D eigenvalue weighted by atomic mass is 9.98. The SMILES string of the molecule is Brc1ccccc1-c1cccc2c1CCN2. The summed E-state index contributed by atoms with van der Waals surface area (Å²) >= 11 is 3.62. The Balaban J connectivity index is 2.21. The smallest absolute Gasteiger partial charge is 0.0379 e. The summed E-state index contributed by atoms with van der Waals surface area (Å²) < 4.78 is 1.16. The first-order chi connectivity index (χ1) is 7.86. The second-order valence-corrected chi connectivity index (χ2v) is 4.84. The number of hydrogen-bond donors (Lipinski definition) is 1. The van der Waals surface area contributed by atoms with Gasteiger partial charge in [0.25, 0.3) is 0 Å². The lowest BCUT2D eigenvalue weighted by Gasteiger charge is -2.09. The molecule has 2 aromatic carbocycles. The summed E-state index contributed by atoms with van der Waals surface area (Å²) in [6, 6.07) is 14.9. The molecular formula is C14H12BrN. The maximum atomic E-state index is 3.62. The molecule has 2 heteroatoms. The van der Waals surface area contributed by atoms with Crippen LogP contribution < -0.4 is 5.32 Å². The zero-order valence-corrected chi connectivity index (χ0v) is 10.4. The third-order valence-corrected chi connectivity index (χ3v) is 3.72. The minimum absolute atomic E-state index is 1.05. The van der Waals surface area contributed by atoms with E-state index in [4.69, 9.17) is 0 Å². The molecule has 16 heavy (non-hydrogen) atoms. The highest BCUT2D eigenvalue weighted by molar-refractivity contribution is 9.10. The lowest BCUT2D eigenvalue weighted by molar-refractivity contribution is 1.11. The molecule has 1 N–H and O–H groups in total. The van der Waals surface area contributed by atoms with Gasteiger partial charge in [-0.2, -0.15) is 0 Å². The van der Waals surface area contributed by atoms with Crippen LogP contribution in [0.25, 0.3) is 11.1 Å². The highest BCUT2D eigenvalue weighted by atomic mass is 79.9. The molecule has 0 unspecified atom stereocenters. The van der Waals surface area contributed by atoms with Crippen LogP contribution in [0, 0.1) is 0 Å². The third-order valence-electron chi connectivity index (χ3n) is 3.03. The van der Waals surface area contributed by atoms with Crippen molar-refractivity contribution in [1.82, 2.24) is 0 Å². The van der Waals surface area contributed by atoms with Crippen molar-refractivity contribution in [2.24, 2.45) is 0 Å². The van der Waals surface area contributed by atoms with Gasteiger partial charge in [-0.25, -0.2) is 0 Å². The van der Waals surface area contributed by atoms with Crippen molar-refractivity contribution in [3.63, 3.8) is 0 Å². The van der Waals surface area contributed by atoms with Crippen LogP contribution in [0.5, 0.6) is 0 Å². The van der Waals surface area contributed by atoms with Crippen LogP contribution in [-0.2, 0) is 6.42 Å². The number of fused-ring (bicyclic) bond motifs is 1. The summed E-state index contributed by atoms with van der Waals surface area (Å²) in [5.74, 6) is 0. The van der Waals surface area contributed by atoms with Gasteiger partial charge in [-0.3, -0.25) is 0 Å². The van der Waals surface area contributed by atoms with Gasteiger partial charge in [-0.15, -0.1) is 0 Å². The second kappa shape index (κ2) is 3.95. The Labute approximate surface area is 104 Å². The Morgan fingerprint density at radius 1 is 0.938 bits per heavy atom. The van der Waals surface area contributed by atoms with Gasteiger partial charge in [-0.1, -0.05) is 46.3 Å². The van der Waals surface area contributed by atoms with Crippen LogP contribution in [0.15, 0.2) is 46.9 Å². The molecule has 0 saturated heterocycles. The number of benzene rings is 2. The van der Waals surface area contributed by atoms with Gasteiger partial charge in [0.1, 0.15) is 0 Å². The molecule has 1 aliphatic rings. The van der Waals surface area contributed by atoms with Crippen LogP contribution in [-0.4, -0.2) is 6.54 Å². The molecule has 0 aliphatic carbocycles. The van der Waals surface area contributed by atoms with E-state index in [1.165, 1.54) is 22.4 Å². The van der Waals surface area contributed by atoms with Crippen molar-refractivity contribution in [2.45, 2.75) is 6.42 Å². The highest BCUT2D eigenvalue weighted by Gasteiger charge is 2.15. The topological polar surface area (TPSA) is 12.0 Å². The van der Waals surface area contributed by atoms with E-state index >= 15 is 0 Å². The quantitative estimate of drug-likeness (QED) is 0.826. The maximum Gasteiger partial charge on any atom is 0.0379 e. The predicted octanol–water partition coefficient (Wildman–Crippen LogP) is 4.08. The normalized spacial score (nSPS) is 13.3. The Morgan fingerprint density at radius 3 is 2.62 bits per heavy atom. The maximum absolute atomic E-state index is 3.62. The first-order valence-corrected chi connectivity index (χ1v) is 6.26. The van der Waals surface area contributed by atoms with Crippen molar-refractivity contribution in [3.8, 4) is 11.1 Å². The van der Waals surface area contributed by atoms with Crippen LogP contribution in [0.1, 0.15) is 5.56 Å². The predicted molar refractivity (Wildman–Crippen MR) is 71.8 cm³/mol. The van der Waals surface area contributed by atoms with Crippen molar-refractivity contribution < 1.29 is 0 Å². The molecule has 2 aromatic rings. The molecule has 0 atom stereocenters. The summed E-state index contributed by atoms with van der Waals surface area (Å²) in [6.07, 6.45) is 1.12. The van der Waals surface area contributed by atoms with Gasteiger partial charge in [0.15, 0.2) is 0 Å². The highest BCUT2D eigenvalue weighted by Crippen LogP contribution is 2.36. The van der Waals surface area contributed by atoms with Crippen LogP contribution >= 0.6 is 15.9 Å². The monoisotopic (exact) mass is 273 g/mol. The minimum atomic E-state index is 1.05. The van der Waals surface area contributed by atoms with Crippen LogP contribution in [0.4, 0.5) is 5.69 Å². The zero-order valence-electron chi connectivity index (χ0n) is 8.83. The van der Waals surface area contributed by atoms with Crippen molar-refractivity contribution >= 4 is 21.6 Å². The Kier molecular flexibility index (Phi) is 2.44. The average molecular weight is 274 g/mol. The molecule has 0 saturated carbocycles. The standard InChI is InChI=1S/C14H12BrN/c15-13-6-2-1-4-11(13)10-5-3-7-14-12(10)8-9-16-14/h1-7,16H,8-9H2. The molecule has 80 valence electrons. The zero-order chi connectivity index (χ0) is 11.0. The Bertz CT molecular complexity index is 534. The van der Waals surface area contributed by atoms with Gasteiger partial charge >= 0.3 is 0 Å². The van der Waals surface area contributed by atoms with Crippen LogP contribution in [0.2, 0.25) is 0 Å². The van der Waals surface area contributed by atoms with Crippen molar-refractivity contribution in [1.29, 1.82) is 0 Å². The number of rotatable bonds is 1. The molecule has 1 nitrogen and oxygen atoms in total. The van der Waals surface area contributed by atoms with Crippen LogP contribution in [0.3, 0.4) is 0 Å². The Morgan fingerprint density at radius 2 is 1.75 bits per heavy atom. The molecule has 0 spiro atoms.